The number of aromatic nitrogens is 3. The molecular weight excluding hydrogens is 293 g/mol. The molecule has 3 rings (SSSR count). The first kappa shape index (κ1) is 17.1. The van der Waals surface area contributed by atoms with E-state index in [2.05, 4.69) is 52.3 Å². The molecule has 0 aliphatic heterocycles. The molecule has 0 radical (unpaired) electrons. The van der Waals surface area contributed by atoms with E-state index in [9.17, 15) is 4.39 Å². The Bertz CT molecular complexity index is 701. The van der Waals surface area contributed by atoms with Gasteiger partial charge >= 0.3 is 0 Å². The summed E-state index contributed by atoms with van der Waals surface area (Å²) in [4.78, 5) is 12.1. The van der Waals surface area contributed by atoms with E-state index < -0.39 is 6.17 Å². The van der Waals surface area contributed by atoms with E-state index in [0.717, 1.165) is 6.42 Å². The Labute approximate surface area is 136 Å². The Hall–Kier alpha value is -2.24. The first-order valence-electron chi connectivity index (χ1n) is 7.45. The lowest BCUT2D eigenvalue weighted by Gasteiger charge is -2.19. The van der Waals surface area contributed by atoms with E-state index in [0.29, 0.717) is 11.9 Å². The summed E-state index contributed by atoms with van der Waals surface area (Å²) in [5.41, 5.74) is 9.45. The average Bonchev–Trinajstić information content (AvgIpc) is 2.74. The number of nitrogens with zero attached hydrogens (tertiary/aromatic N) is 3. The van der Waals surface area contributed by atoms with Crippen LogP contribution in [0.2, 0.25) is 0 Å². The van der Waals surface area contributed by atoms with Crippen LogP contribution in [-0.2, 0) is 6.42 Å². The van der Waals surface area contributed by atoms with Crippen molar-refractivity contribution in [3.63, 3.8) is 0 Å². The maximum absolute atomic E-state index is 13.4. The van der Waals surface area contributed by atoms with E-state index in [4.69, 9.17) is 5.73 Å². The van der Waals surface area contributed by atoms with Crippen molar-refractivity contribution >= 4 is 11.9 Å². The fourth-order valence-corrected chi connectivity index (χ4v) is 2.97. The molecule has 3 atom stereocenters. The van der Waals surface area contributed by atoms with E-state index in [1.165, 1.54) is 23.6 Å². The highest BCUT2D eigenvalue weighted by molar-refractivity contribution is 5.44. The van der Waals surface area contributed by atoms with E-state index in [-0.39, 0.29) is 25.2 Å². The first-order valence-corrected chi connectivity index (χ1v) is 7.45. The van der Waals surface area contributed by atoms with Gasteiger partial charge in [0.2, 0.25) is 11.9 Å². The Morgan fingerprint density at radius 2 is 2.04 bits per heavy atom. The second kappa shape index (κ2) is 6.48. The number of fused-ring (bicyclic) bond motifs is 1. The Balaban J connectivity index is 0.00000192. The van der Waals surface area contributed by atoms with Crippen molar-refractivity contribution in [3.8, 4) is 0 Å². The van der Waals surface area contributed by atoms with Crippen molar-refractivity contribution in [2.24, 2.45) is 5.92 Å². The molecule has 0 saturated carbocycles. The van der Waals surface area contributed by atoms with Gasteiger partial charge in [-0.05, 0) is 37.3 Å². The van der Waals surface area contributed by atoms with Gasteiger partial charge in [0.05, 0.1) is 6.04 Å². The Morgan fingerprint density at radius 1 is 1.30 bits per heavy atom. The molecule has 0 unspecified atom stereocenters. The van der Waals surface area contributed by atoms with Crippen LogP contribution in [0.5, 0.6) is 0 Å². The third-order valence-electron chi connectivity index (χ3n) is 4.06. The molecule has 0 saturated heterocycles. The Kier molecular flexibility index (Phi) is 4.82. The van der Waals surface area contributed by atoms with Gasteiger partial charge in [-0.3, -0.25) is 0 Å². The molecule has 6 heteroatoms. The molecule has 124 valence electrons. The molecule has 1 aliphatic carbocycles. The van der Waals surface area contributed by atoms with E-state index in [1.807, 2.05) is 0 Å². The smallest absolute Gasteiger partial charge is 0.228 e. The van der Waals surface area contributed by atoms with Crippen LogP contribution in [0.4, 0.5) is 16.3 Å². The molecule has 23 heavy (non-hydrogen) atoms. The summed E-state index contributed by atoms with van der Waals surface area (Å²) in [5, 5.41) is 3.30. The standard InChI is InChI=1S/C16H20FN5.CH4/c1-8-4-5-11-7-9(2)13(12(11)6-8)19-16-21-14(10(3)17)20-15(18)22-16;/h4-6,9-10,13H,7H2,1-3H3,(H3,18,19,20,21,22);1H4/t9-,10-,13-;/m1./s1. The predicted molar refractivity (Wildman–Crippen MR) is 90.9 cm³/mol. The number of nitrogens with two attached hydrogens (primary N) is 1. The fourth-order valence-electron chi connectivity index (χ4n) is 2.97. The number of benzene rings is 1. The molecule has 2 aromatic rings. The Morgan fingerprint density at radius 3 is 2.74 bits per heavy atom. The number of rotatable bonds is 3. The van der Waals surface area contributed by atoms with E-state index in [1.54, 1.807) is 0 Å². The largest absolute Gasteiger partial charge is 0.368 e. The normalized spacial score (nSPS) is 20.5. The number of anilines is 2. The zero-order valence-electron chi connectivity index (χ0n) is 13.0. The van der Waals surface area contributed by atoms with Gasteiger partial charge in [-0.1, -0.05) is 38.1 Å². The summed E-state index contributed by atoms with van der Waals surface area (Å²) >= 11 is 0. The SMILES string of the molecule is C.Cc1ccc2c(c1)[C@H](Nc1nc(N)nc([C@@H](C)F)n1)[C@H](C)C2. The minimum atomic E-state index is -1.28. The molecule has 1 aromatic heterocycles. The number of aryl methyl sites for hydroxylation is 1. The zero-order valence-corrected chi connectivity index (χ0v) is 13.0. The molecule has 0 spiro atoms. The maximum Gasteiger partial charge on any atom is 0.228 e. The lowest BCUT2D eigenvalue weighted by atomic mass is 10.0. The third-order valence-corrected chi connectivity index (χ3v) is 4.06. The molecule has 0 amide bonds. The van der Waals surface area contributed by atoms with Crippen molar-refractivity contribution in [3.05, 3.63) is 40.7 Å². The molecule has 0 fully saturated rings. The number of nitrogens with one attached hydrogen (secondary N) is 1. The first-order chi connectivity index (χ1) is 10.4. The zero-order chi connectivity index (χ0) is 15.9. The number of hydrogen-bond acceptors (Lipinski definition) is 5. The molecule has 5 nitrogen and oxygen atoms in total. The van der Waals surface area contributed by atoms with Gasteiger partial charge in [0.1, 0.15) is 0 Å². The summed E-state index contributed by atoms with van der Waals surface area (Å²) in [5.74, 6) is 0.830. The molecule has 0 bridgehead atoms. The fraction of sp³-hybridized carbons (Fsp3) is 0.471. The summed E-state index contributed by atoms with van der Waals surface area (Å²) in [7, 11) is 0. The lowest BCUT2D eigenvalue weighted by Crippen LogP contribution is -2.18. The summed E-state index contributed by atoms with van der Waals surface area (Å²) in [6.45, 7) is 5.63. The van der Waals surface area contributed by atoms with Gasteiger partial charge < -0.3 is 11.1 Å². The van der Waals surface area contributed by atoms with Crippen molar-refractivity contribution in [2.45, 2.75) is 46.8 Å². The summed E-state index contributed by atoms with van der Waals surface area (Å²) < 4.78 is 13.4. The number of hydrogen-bond donors (Lipinski definition) is 2. The van der Waals surface area contributed by atoms with Crippen molar-refractivity contribution in [1.82, 2.24) is 15.0 Å². The van der Waals surface area contributed by atoms with Crippen molar-refractivity contribution in [1.29, 1.82) is 0 Å². The lowest BCUT2D eigenvalue weighted by molar-refractivity contribution is 0.356. The van der Waals surface area contributed by atoms with Gasteiger partial charge in [0.15, 0.2) is 12.0 Å². The van der Waals surface area contributed by atoms with Crippen molar-refractivity contribution in [2.75, 3.05) is 11.1 Å². The van der Waals surface area contributed by atoms with Gasteiger partial charge in [-0.25, -0.2) is 4.39 Å². The number of nitrogen functional groups attached to an aromatic ring is 1. The molecule has 3 N–H and O–H groups in total. The second-order valence-electron chi connectivity index (χ2n) is 6.00. The van der Waals surface area contributed by atoms with Crippen LogP contribution in [0.25, 0.3) is 0 Å². The monoisotopic (exact) mass is 317 g/mol. The number of halogens is 1. The molecule has 1 aliphatic rings. The van der Waals surface area contributed by atoms with Gasteiger partial charge in [0.25, 0.3) is 0 Å². The quantitative estimate of drug-likeness (QED) is 0.901. The minimum Gasteiger partial charge on any atom is -0.368 e. The van der Waals surface area contributed by atoms with Crippen LogP contribution in [-0.4, -0.2) is 15.0 Å². The third kappa shape index (κ3) is 3.41. The summed E-state index contributed by atoms with van der Waals surface area (Å²) in [6.07, 6.45) is -0.276. The van der Waals surface area contributed by atoms with Crippen LogP contribution in [0.1, 0.15) is 56.0 Å². The minimum absolute atomic E-state index is 0. The van der Waals surface area contributed by atoms with Gasteiger partial charge in [-0.2, -0.15) is 15.0 Å². The van der Waals surface area contributed by atoms with Crippen LogP contribution < -0.4 is 11.1 Å². The van der Waals surface area contributed by atoms with Crippen LogP contribution in [0.3, 0.4) is 0 Å². The van der Waals surface area contributed by atoms with Crippen LogP contribution in [0.15, 0.2) is 18.2 Å². The predicted octanol–water partition coefficient (Wildman–Crippen LogP) is 3.77. The molecular formula is C17H24FN5. The van der Waals surface area contributed by atoms with Gasteiger partial charge in [0, 0.05) is 0 Å². The second-order valence-corrected chi connectivity index (χ2v) is 6.00. The molecule has 1 aromatic carbocycles. The highest BCUT2D eigenvalue weighted by atomic mass is 19.1. The number of alkyl halides is 1. The molecule has 1 heterocycles. The van der Waals surface area contributed by atoms with Gasteiger partial charge in [-0.15, -0.1) is 0 Å². The summed E-state index contributed by atoms with van der Waals surface area (Å²) in [6, 6.07) is 6.57. The van der Waals surface area contributed by atoms with Crippen molar-refractivity contribution < 1.29 is 4.39 Å². The average molecular weight is 317 g/mol. The highest BCUT2D eigenvalue weighted by Gasteiger charge is 2.30. The highest BCUT2D eigenvalue weighted by Crippen LogP contribution is 2.38. The van der Waals surface area contributed by atoms with E-state index >= 15 is 0 Å². The van der Waals surface area contributed by atoms with Crippen LogP contribution >= 0.6 is 0 Å². The van der Waals surface area contributed by atoms with Crippen LogP contribution in [0, 0.1) is 12.8 Å². The topological polar surface area (TPSA) is 76.7 Å². The maximum atomic E-state index is 13.4.